The van der Waals surface area contributed by atoms with E-state index in [0.717, 1.165) is 11.3 Å². The molecule has 0 aliphatic heterocycles. The van der Waals surface area contributed by atoms with Gasteiger partial charge in [-0.2, -0.15) is 18.4 Å². The number of hydrogen-bond donors (Lipinski definition) is 0. The molecule has 3 nitrogen and oxygen atoms in total. The quantitative estimate of drug-likeness (QED) is 0.814. The summed E-state index contributed by atoms with van der Waals surface area (Å²) in [6.45, 7) is 1.70. The summed E-state index contributed by atoms with van der Waals surface area (Å²) in [6, 6.07) is 9.03. The van der Waals surface area contributed by atoms with E-state index in [1.807, 2.05) is 0 Å². The molecule has 0 unspecified atom stereocenters. The maximum absolute atomic E-state index is 13.3. The van der Waals surface area contributed by atoms with Crippen LogP contribution in [-0.2, 0) is 4.79 Å². The highest BCUT2D eigenvalue weighted by Crippen LogP contribution is 2.39. The van der Waals surface area contributed by atoms with Gasteiger partial charge in [0.05, 0.1) is 12.0 Å². The zero-order chi connectivity index (χ0) is 17.0. The Balaban J connectivity index is 2.26. The normalized spacial score (nSPS) is 14.0. The van der Waals surface area contributed by atoms with Crippen molar-refractivity contribution in [3.8, 4) is 6.07 Å². The number of carbonyl (C=O) groups excluding carboxylic acids is 1. The predicted octanol–water partition coefficient (Wildman–Crippen LogP) is 4.36. The molecule has 1 aromatic heterocycles. The van der Waals surface area contributed by atoms with Crippen LogP contribution >= 0.6 is 11.3 Å². The Labute approximate surface area is 135 Å². The Hall–Kier alpha value is -2.20. The van der Waals surface area contributed by atoms with Gasteiger partial charge in [0.1, 0.15) is 5.01 Å². The third-order valence-electron chi connectivity index (χ3n) is 3.34. The van der Waals surface area contributed by atoms with E-state index in [0.29, 0.717) is 5.69 Å². The molecular weight excluding hydrogens is 325 g/mol. The molecule has 0 spiro atoms. The second kappa shape index (κ2) is 6.92. The summed E-state index contributed by atoms with van der Waals surface area (Å²) in [6.07, 6.45) is -5.33. The van der Waals surface area contributed by atoms with Gasteiger partial charge in [-0.15, -0.1) is 11.3 Å². The number of carbonyl (C=O) groups is 1. The minimum absolute atomic E-state index is 0.0142. The molecule has 2 rings (SSSR count). The SMILES string of the molecule is Cc1csc([C@H](C#N)C(=O)C[C@@H](c2ccccc2)C(F)(F)F)n1. The lowest BCUT2D eigenvalue weighted by Crippen LogP contribution is -2.25. The van der Waals surface area contributed by atoms with Crippen LogP contribution in [0.15, 0.2) is 35.7 Å². The number of nitrogens with zero attached hydrogens (tertiary/aromatic N) is 2. The molecule has 0 aliphatic rings. The lowest BCUT2D eigenvalue weighted by atomic mass is 9.89. The van der Waals surface area contributed by atoms with Gasteiger partial charge >= 0.3 is 6.18 Å². The first kappa shape index (κ1) is 17.2. The van der Waals surface area contributed by atoms with E-state index >= 15 is 0 Å². The molecule has 0 N–H and O–H groups in total. The van der Waals surface area contributed by atoms with Crippen molar-refractivity contribution in [1.29, 1.82) is 5.26 Å². The van der Waals surface area contributed by atoms with E-state index in [2.05, 4.69) is 4.98 Å². The summed E-state index contributed by atoms with van der Waals surface area (Å²) in [5, 5.41) is 11.1. The molecule has 0 amide bonds. The van der Waals surface area contributed by atoms with Crippen LogP contribution in [0, 0.1) is 18.3 Å². The van der Waals surface area contributed by atoms with Crippen molar-refractivity contribution in [2.75, 3.05) is 0 Å². The van der Waals surface area contributed by atoms with Crippen molar-refractivity contribution in [3.05, 3.63) is 52.0 Å². The van der Waals surface area contributed by atoms with Crippen LogP contribution in [0.1, 0.15) is 34.5 Å². The monoisotopic (exact) mass is 338 g/mol. The van der Waals surface area contributed by atoms with E-state index < -0.39 is 30.2 Å². The molecule has 2 atom stereocenters. The minimum atomic E-state index is -4.56. The summed E-state index contributed by atoms with van der Waals surface area (Å²) in [5.74, 6) is -3.96. The number of alkyl halides is 3. The van der Waals surface area contributed by atoms with Crippen LogP contribution in [0.2, 0.25) is 0 Å². The Morgan fingerprint density at radius 1 is 1.35 bits per heavy atom. The summed E-state index contributed by atoms with van der Waals surface area (Å²) in [5.41, 5.74) is 0.647. The first-order valence-corrected chi connectivity index (χ1v) is 7.67. The molecule has 23 heavy (non-hydrogen) atoms. The fraction of sp³-hybridized carbons (Fsp3) is 0.312. The topological polar surface area (TPSA) is 53.8 Å². The van der Waals surface area contributed by atoms with E-state index in [1.165, 1.54) is 24.3 Å². The van der Waals surface area contributed by atoms with Crippen molar-refractivity contribution in [3.63, 3.8) is 0 Å². The van der Waals surface area contributed by atoms with Gasteiger partial charge in [-0.3, -0.25) is 4.79 Å². The Kier molecular flexibility index (Phi) is 5.16. The van der Waals surface area contributed by atoms with Crippen molar-refractivity contribution >= 4 is 17.1 Å². The van der Waals surface area contributed by atoms with E-state index in [9.17, 15) is 18.0 Å². The molecule has 1 aromatic carbocycles. The molecule has 7 heteroatoms. The highest BCUT2D eigenvalue weighted by molar-refractivity contribution is 7.09. The number of aryl methyl sites for hydroxylation is 1. The van der Waals surface area contributed by atoms with Crippen molar-refractivity contribution in [2.24, 2.45) is 0 Å². The molecular formula is C16H13F3N2OS. The predicted molar refractivity (Wildman–Crippen MR) is 80.1 cm³/mol. The average Bonchev–Trinajstić information content (AvgIpc) is 2.91. The second-order valence-electron chi connectivity index (χ2n) is 5.06. The second-order valence-corrected chi connectivity index (χ2v) is 5.95. The van der Waals surface area contributed by atoms with E-state index in [-0.39, 0.29) is 10.6 Å². The van der Waals surface area contributed by atoms with Gasteiger partial charge in [-0.25, -0.2) is 4.98 Å². The highest BCUT2D eigenvalue weighted by atomic mass is 32.1. The molecule has 0 radical (unpaired) electrons. The number of ketones is 1. The number of halogens is 3. The van der Waals surface area contributed by atoms with Crippen molar-refractivity contribution in [1.82, 2.24) is 4.98 Å². The molecule has 0 aliphatic carbocycles. The number of hydrogen-bond acceptors (Lipinski definition) is 4. The lowest BCUT2D eigenvalue weighted by molar-refractivity contribution is -0.156. The molecule has 0 saturated carbocycles. The molecule has 1 heterocycles. The summed E-state index contributed by atoms with van der Waals surface area (Å²) >= 11 is 1.11. The Morgan fingerprint density at radius 3 is 2.48 bits per heavy atom. The van der Waals surface area contributed by atoms with Crippen LogP contribution < -0.4 is 0 Å². The maximum atomic E-state index is 13.3. The lowest BCUT2D eigenvalue weighted by Gasteiger charge is -2.20. The number of nitriles is 1. The summed E-state index contributed by atoms with van der Waals surface area (Å²) < 4.78 is 39.9. The first-order chi connectivity index (χ1) is 10.8. The maximum Gasteiger partial charge on any atom is 0.396 e. The number of aromatic nitrogens is 1. The number of benzene rings is 1. The smallest absolute Gasteiger partial charge is 0.298 e. The third kappa shape index (κ3) is 4.17. The molecule has 0 saturated heterocycles. The highest BCUT2D eigenvalue weighted by Gasteiger charge is 2.43. The van der Waals surface area contributed by atoms with Crippen molar-refractivity contribution < 1.29 is 18.0 Å². The van der Waals surface area contributed by atoms with E-state index in [4.69, 9.17) is 5.26 Å². The van der Waals surface area contributed by atoms with Gasteiger partial charge in [0.15, 0.2) is 11.7 Å². The van der Waals surface area contributed by atoms with Gasteiger partial charge in [0, 0.05) is 17.5 Å². The van der Waals surface area contributed by atoms with Gasteiger partial charge in [0.25, 0.3) is 0 Å². The zero-order valence-electron chi connectivity index (χ0n) is 12.2. The minimum Gasteiger partial charge on any atom is -0.298 e. The average molecular weight is 338 g/mol. The van der Waals surface area contributed by atoms with Gasteiger partial charge in [0.2, 0.25) is 0 Å². The van der Waals surface area contributed by atoms with Crippen LogP contribution in [0.3, 0.4) is 0 Å². The van der Waals surface area contributed by atoms with E-state index in [1.54, 1.807) is 24.4 Å². The standard InChI is InChI=1S/C16H13F3N2OS/c1-10-9-23-15(21-10)12(8-20)14(22)7-13(16(17,18)19)11-5-3-2-4-6-11/h2-6,9,12-13H,7H2,1H3/t12-,13+/m1/s1. The largest absolute Gasteiger partial charge is 0.396 e. The Morgan fingerprint density at radius 2 is 2.00 bits per heavy atom. The summed E-state index contributed by atoms with van der Waals surface area (Å²) in [4.78, 5) is 16.3. The van der Waals surface area contributed by atoms with Crippen LogP contribution in [0.25, 0.3) is 0 Å². The molecule has 2 aromatic rings. The fourth-order valence-electron chi connectivity index (χ4n) is 2.20. The number of rotatable bonds is 5. The van der Waals surface area contributed by atoms with Crippen LogP contribution in [0.4, 0.5) is 13.2 Å². The van der Waals surface area contributed by atoms with Gasteiger partial charge in [-0.1, -0.05) is 30.3 Å². The number of thiazole rings is 1. The van der Waals surface area contributed by atoms with Gasteiger partial charge in [-0.05, 0) is 12.5 Å². The zero-order valence-corrected chi connectivity index (χ0v) is 13.0. The third-order valence-corrected chi connectivity index (χ3v) is 4.36. The summed E-state index contributed by atoms with van der Waals surface area (Å²) in [7, 11) is 0. The van der Waals surface area contributed by atoms with Crippen LogP contribution in [0.5, 0.6) is 0 Å². The van der Waals surface area contributed by atoms with Crippen molar-refractivity contribution in [2.45, 2.75) is 31.4 Å². The number of Topliss-reactive ketones (excluding diaryl/α,β-unsaturated/α-hetero) is 1. The van der Waals surface area contributed by atoms with Crippen LogP contribution in [-0.4, -0.2) is 16.9 Å². The molecule has 0 bridgehead atoms. The fourth-order valence-corrected chi connectivity index (χ4v) is 3.06. The first-order valence-electron chi connectivity index (χ1n) is 6.79. The Bertz CT molecular complexity index is 719. The molecule has 120 valence electrons. The molecule has 0 fully saturated rings. The van der Waals surface area contributed by atoms with Gasteiger partial charge < -0.3 is 0 Å².